The van der Waals surface area contributed by atoms with Crippen LogP contribution in [0.25, 0.3) is 0 Å². The Morgan fingerprint density at radius 2 is 2.10 bits per heavy atom. The maximum absolute atomic E-state index is 12.3. The van der Waals surface area contributed by atoms with Gasteiger partial charge in [0.1, 0.15) is 5.82 Å². The Kier molecular flexibility index (Phi) is 4.49. The van der Waals surface area contributed by atoms with Gasteiger partial charge in [0.05, 0.1) is 5.69 Å². The highest BCUT2D eigenvalue weighted by Gasteiger charge is 2.10. The molecule has 0 saturated carbocycles. The lowest BCUT2D eigenvalue weighted by Gasteiger charge is -2.08. The number of aromatic nitrogens is 2. The molecule has 0 saturated heterocycles. The molecule has 1 amide bonds. The maximum Gasteiger partial charge on any atom is 0.256 e. The molecule has 0 spiro atoms. The van der Waals surface area contributed by atoms with Crippen molar-refractivity contribution in [3.05, 3.63) is 41.6 Å². The summed E-state index contributed by atoms with van der Waals surface area (Å²) in [5, 5.41) is 7.59. The number of rotatable bonds is 4. The van der Waals surface area contributed by atoms with Crippen LogP contribution < -0.4 is 5.32 Å². The molecule has 0 atom stereocenters. The van der Waals surface area contributed by atoms with Crippen molar-refractivity contribution in [3.8, 4) is 0 Å². The minimum Gasteiger partial charge on any atom is -0.307 e. The van der Waals surface area contributed by atoms with Gasteiger partial charge in [0, 0.05) is 28.8 Å². The standard InChI is InChI=1S/C15H19N3OS/c1-10(2)20-13-7-5-6-12(9-13)15(19)16-14-8-11(3)17-18(14)4/h5-10H,1-4H3,(H,16,19). The van der Waals surface area contributed by atoms with Crippen molar-refractivity contribution in [1.29, 1.82) is 0 Å². The summed E-state index contributed by atoms with van der Waals surface area (Å²) in [5.41, 5.74) is 1.54. The summed E-state index contributed by atoms with van der Waals surface area (Å²) in [6.07, 6.45) is 0. The van der Waals surface area contributed by atoms with E-state index in [-0.39, 0.29) is 5.91 Å². The van der Waals surface area contributed by atoms with E-state index < -0.39 is 0 Å². The number of nitrogens with zero attached hydrogens (tertiary/aromatic N) is 2. The van der Waals surface area contributed by atoms with E-state index >= 15 is 0 Å². The zero-order valence-corrected chi connectivity index (χ0v) is 13.0. The molecule has 2 aromatic rings. The summed E-state index contributed by atoms with van der Waals surface area (Å²) in [5.74, 6) is 0.591. The third-order valence-electron chi connectivity index (χ3n) is 2.71. The van der Waals surface area contributed by atoms with Gasteiger partial charge >= 0.3 is 0 Å². The van der Waals surface area contributed by atoms with Gasteiger partial charge in [-0.15, -0.1) is 11.8 Å². The first kappa shape index (κ1) is 14.7. The van der Waals surface area contributed by atoms with Crippen molar-refractivity contribution in [2.45, 2.75) is 30.9 Å². The summed E-state index contributed by atoms with van der Waals surface area (Å²) in [4.78, 5) is 13.4. The van der Waals surface area contributed by atoms with E-state index in [1.807, 2.05) is 44.3 Å². The molecular weight excluding hydrogens is 270 g/mol. The largest absolute Gasteiger partial charge is 0.307 e. The predicted molar refractivity (Wildman–Crippen MR) is 83.3 cm³/mol. The van der Waals surface area contributed by atoms with E-state index in [0.29, 0.717) is 16.6 Å². The second kappa shape index (κ2) is 6.13. The van der Waals surface area contributed by atoms with Crippen molar-refractivity contribution in [1.82, 2.24) is 9.78 Å². The lowest BCUT2D eigenvalue weighted by molar-refractivity contribution is 0.102. The Morgan fingerprint density at radius 3 is 2.70 bits per heavy atom. The highest BCUT2D eigenvalue weighted by atomic mass is 32.2. The molecule has 0 aliphatic carbocycles. The number of hydrogen-bond donors (Lipinski definition) is 1. The van der Waals surface area contributed by atoms with Crippen LogP contribution >= 0.6 is 11.8 Å². The number of nitrogens with one attached hydrogen (secondary N) is 1. The van der Waals surface area contributed by atoms with E-state index in [4.69, 9.17) is 0 Å². The third kappa shape index (κ3) is 3.63. The minimum atomic E-state index is -0.112. The molecule has 0 unspecified atom stereocenters. The average Bonchev–Trinajstić information content (AvgIpc) is 2.67. The smallest absolute Gasteiger partial charge is 0.256 e. The topological polar surface area (TPSA) is 46.9 Å². The van der Waals surface area contributed by atoms with E-state index in [9.17, 15) is 4.79 Å². The Bertz CT molecular complexity index is 619. The Morgan fingerprint density at radius 1 is 1.35 bits per heavy atom. The van der Waals surface area contributed by atoms with Crippen LogP contribution in [0, 0.1) is 6.92 Å². The lowest BCUT2D eigenvalue weighted by Crippen LogP contribution is -2.14. The van der Waals surface area contributed by atoms with Crippen molar-refractivity contribution >= 4 is 23.5 Å². The highest BCUT2D eigenvalue weighted by Crippen LogP contribution is 2.23. The number of anilines is 1. The van der Waals surface area contributed by atoms with Gasteiger partial charge in [-0.1, -0.05) is 19.9 Å². The Balaban J connectivity index is 2.15. The normalized spacial score (nSPS) is 10.8. The number of thioether (sulfide) groups is 1. The molecule has 2 rings (SSSR count). The predicted octanol–water partition coefficient (Wildman–Crippen LogP) is 3.48. The van der Waals surface area contributed by atoms with E-state index in [2.05, 4.69) is 24.3 Å². The monoisotopic (exact) mass is 289 g/mol. The quantitative estimate of drug-likeness (QED) is 0.877. The fourth-order valence-corrected chi connectivity index (χ4v) is 2.80. The highest BCUT2D eigenvalue weighted by molar-refractivity contribution is 7.99. The molecule has 0 radical (unpaired) electrons. The van der Waals surface area contributed by atoms with Crippen molar-refractivity contribution in [3.63, 3.8) is 0 Å². The minimum absolute atomic E-state index is 0.112. The van der Waals surface area contributed by atoms with Crippen LogP contribution in [0.2, 0.25) is 0 Å². The van der Waals surface area contributed by atoms with Gasteiger partial charge in [-0.2, -0.15) is 5.10 Å². The Hall–Kier alpha value is -1.75. The number of carbonyl (C=O) groups excluding carboxylic acids is 1. The van der Waals surface area contributed by atoms with Crippen LogP contribution in [0.3, 0.4) is 0 Å². The van der Waals surface area contributed by atoms with Crippen LogP contribution in [0.1, 0.15) is 29.9 Å². The molecule has 1 heterocycles. The molecule has 1 aromatic carbocycles. The fourth-order valence-electron chi connectivity index (χ4n) is 1.90. The number of amides is 1. The van der Waals surface area contributed by atoms with Crippen molar-refractivity contribution < 1.29 is 4.79 Å². The number of aryl methyl sites for hydroxylation is 2. The molecule has 4 nitrogen and oxygen atoms in total. The molecule has 0 fully saturated rings. The summed E-state index contributed by atoms with van der Waals surface area (Å²) in [6.45, 7) is 6.17. The van der Waals surface area contributed by atoms with Crippen LogP contribution in [-0.2, 0) is 7.05 Å². The average molecular weight is 289 g/mol. The maximum atomic E-state index is 12.3. The molecule has 1 aromatic heterocycles. The Labute approximate surface area is 123 Å². The number of benzene rings is 1. The van der Waals surface area contributed by atoms with E-state index in [0.717, 1.165) is 10.6 Å². The first-order valence-electron chi connectivity index (χ1n) is 6.54. The van der Waals surface area contributed by atoms with Gasteiger partial charge in [0.2, 0.25) is 0 Å². The summed E-state index contributed by atoms with van der Waals surface area (Å²) < 4.78 is 1.67. The molecule has 0 aliphatic heterocycles. The first-order valence-corrected chi connectivity index (χ1v) is 7.42. The molecule has 0 aliphatic rings. The molecule has 5 heteroatoms. The first-order chi connectivity index (χ1) is 9.45. The molecule has 1 N–H and O–H groups in total. The molecule has 106 valence electrons. The lowest BCUT2D eigenvalue weighted by atomic mass is 10.2. The van der Waals surface area contributed by atoms with Gasteiger partial charge in [0.15, 0.2) is 0 Å². The zero-order valence-electron chi connectivity index (χ0n) is 12.2. The van der Waals surface area contributed by atoms with Crippen molar-refractivity contribution in [2.75, 3.05) is 5.32 Å². The molecule has 20 heavy (non-hydrogen) atoms. The fraction of sp³-hybridized carbons (Fsp3) is 0.333. The molecular formula is C15H19N3OS. The van der Waals surface area contributed by atoms with Crippen molar-refractivity contribution in [2.24, 2.45) is 7.05 Å². The van der Waals surface area contributed by atoms with Gasteiger partial charge in [-0.3, -0.25) is 9.48 Å². The second-order valence-corrected chi connectivity index (χ2v) is 6.59. The van der Waals surface area contributed by atoms with Crippen LogP contribution in [-0.4, -0.2) is 20.9 Å². The summed E-state index contributed by atoms with van der Waals surface area (Å²) in [6, 6.07) is 9.53. The van der Waals surface area contributed by atoms with Gasteiger partial charge < -0.3 is 5.32 Å². The van der Waals surface area contributed by atoms with E-state index in [1.165, 1.54) is 0 Å². The molecule has 0 bridgehead atoms. The van der Waals surface area contributed by atoms with Crippen LogP contribution in [0.4, 0.5) is 5.82 Å². The van der Waals surface area contributed by atoms with Gasteiger partial charge in [0.25, 0.3) is 5.91 Å². The van der Waals surface area contributed by atoms with Crippen LogP contribution in [0.15, 0.2) is 35.2 Å². The van der Waals surface area contributed by atoms with Gasteiger partial charge in [-0.05, 0) is 25.1 Å². The SMILES string of the molecule is Cc1cc(NC(=O)c2cccc(SC(C)C)c2)n(C)n1. The van der Waals surface area contributed by atoms with E-state index in [1.54, 1.807) is 16.4 Å². The summed E-state index contributed by atoms with van der Waals surface area (Å²) >= 11 is 1.75. The number of hydrogen-bond acceptors (Lipinski definition) is 3. The number of carbonyl (C=O) groups is 1. The summed E-state index contributed by atoms with van der Waals surface area (Å²) in [7, 11) is 1.81. The van der Waals surface area contributed by atoms with Gasteiger partial charge in [-0.25, -0.2) is 0 Å². The zero-order chi connectivity index (χ0) is 14.7. The van der Waals surface area contributed by atoms with Crippen LogP contribution in [0.5, 0.6) is 0 Å². The second-order valence-electron chi connectivity index (χ2n) is 4.94. The third-order valence-corrected chi connectivity index (χ3v) is 3.71.